The van der Waals surface area contributed by atoms with Crippen LogP contribution in [0.15, 0.2) is 54.6 Å². The second kappa shape index (κ2) is 7.46. The molecule has 2 atom stereocenters. The Hall–Kier alpha value is -2.04. The lowest BCUT2D eigenvalue weighted by Crippen LogP contribution is -2.41. The van der Waals surface area contributed by atoms with E-state index in [0.29, 0.717) is 12.1 Å². The summed E-state index contributed by atoms with van der Waals surface area (Å²) < 4.78 is 26.0. The first-order valence-electron chi connectivity index (χ1n) is 8.61. The Morgan fingerprint density at radius 3 is 2.20 bits per heavy atom. The van der Waals surface area contributed by atoms with Crippen LogP contribution in [0.5, 0.6) is 0 Å². The highest BCUT2D eigenvalue weighted by Crippen LogP contribution is 2.28. The van der Waals surface area contributed by atoms with Gasteiger partial charge in [-0.15, -0.1) is 0 Å². The third kappa shape index (κ3) is 4.53. The highest BCUT2D eigenvalue weighted by atomic mass is 19.1. The number of allylic oxidation sites excluding steroid dienone is 1. The van der Waals surface area contributed by atoms with Gasteiger partial charge in [0.25, 0.3) is 0 Å². The normalized spacial score (nSPS) is 20.0. The Kier molecular flexibility index (Phi) is 5.30. The molecule has 0 heterocycles. The second-order valence-electron chi connectivity index (χ2n) is 6.87. The smallest absolute Gasteiger partial charge is 0.123 e. The summed E-state index contributed by atoms with van der Waals surface area (Å²) in [7, 11) is 0. The van der Waals surface area contributed by atoms with Crippen molar-refractivity contribution in [2.75, 3.05) is 6.54 Å². The van der Waals surface area contributed by atoms with Crippen LogP contribution in [-0.4, -0.2) is 17.7 Å². The minimum Gasteiger partial charge on any atom is -0.384 e. The van der Waals surface area contributed by atoms with Crippen molar-refractivity contribution in [3.8, 4) is 0 Å². The summed E-state index contributed by atoms with van der Waals surface area (Å²) in [6, 6.07) is 12.8. The molecule has 0 unspecified atom stereocenters. The molecule has 3 rings (SSSR count). The average molecular weight is 343 g/mol. The van der Waals surface area contributed by atoms with Gasteiger partial charge >= 0.3 is 0 Å². The number of hydrogen-bond donors (Lipinski definition) is 2. The number of benzene rings is 2. The zero-order valence-electron chi connectivity index (χ0n) is 14.3. The van der Waals surface area contributed by atoms with Gasteiger partial charge in [0.05, 0.1) is 5.60 Å². The molecule has 2 N–H and O–H groups in total. The van der Waals surface area contributed by atoms with Crippen molar-refractivity contribution in [2.45, 2.75) is 37.8 Å². The average Bonchev–Trinajstić information content (AvgIpc) is 2.62. The van der Waals surface area contributed by atoms with E-state index in [1.807, 2.05) is 12.1 Å². The first kappa shape index (κ1) is 17.8. The summed E-state index contributed by atoms with van der Waals surface area (Å²) in [6.07, 6.45) is 4.93. The fourth-order valence-electron chi connectivity index (χ4n) is 3.20. The Balaban J connectivity index is 1.56. The van der Waals surface area contributed by atoms with E-state index >= 15 is 0 Å². The van der Waals surface area contributed by atoms with Crippen LogP contribution in [0.1, 0.15) is 37.3 Å². The van der Waals surface area contributed by atoms with Crippen molar-refractivity contribution in [2.24, 2.45) is 0 Å². The molecule has 0 amide bonds. The summed E-state index contributed by atoms with van der Waals surface area (Å²) in [6.45, 7) is 2.14. The molecule has 4 heteroatoms. The van der Waals surface area contributed by atoms with E-state index in [4.69, 9.17) is 0 Å². The molecule has 2 nitrogen and oxygen atoms in total. The van der Waals surface area contributed by atoms with Gasteiger partial charge in [-0.1, -0.05) is 30.3 Å². The molecule has 0 spiro atoms. The van der Waals surface area contributed by atoms with Gasteiger partial charge in [-0.05, 0) is 67.2 Å². The molecule has 0 saturated carbocycles. The number of hydrogen-bond acceptors (Lipinski definition) is 2. The third-order valence-electron chi connectivity index (χ3n) is 4.83. The largest absolute Gasteiger partial charge is 0.384 e. The van der Waals surface area contributed by atoms with Crippen LogP contribution in [0.25, 0.3) is 5.57 Å². The quantitative estimate of drug-likeness (QED) is 0.843. The third-order valence-corrected chi connectivity index (χ3v) is 4.83. The lowest BCUT2D eigenvalue weighted by atomic mass is 9.89. The molecule has 2 aromatic rings. The Labute approximate surface area is 147 Å². The van der Waals surface area contributed by atoms with E-state index in [2.05, 4.69) is 11.4 Å². The summed E-state index contributed by atoms with van der Waals surface area (Å²) >= 11 is 0. The maximum atomic E-state index is 13.0. The summed E-state index contributed by atoms with van der Waals surface area (Å²) in [5.74, 6) is -0.527. The van der Waals surface area contributed by atoms with Crippen LogP contribution in [0, 0.1) is 11.6 Å². The lowest BCUT2D eigenvalue weighted by Gasteiger charge is -2.29. The van der Waals surface area contributed by atoms with Crippen LogP contribution < -0.4 is 5.32 Å². The van der Waals surface area contributed by atoms with Crippen LogP contribution >= 0.6 is 0 Å². The van der Waals surface area contributed by atoms with Crippen LogP contribution in [0.2, 0.25) is 0 Å². The predicted octanol–water partition coefficient (Wildman–Crippen LogP) is 4.40. The van der Waals surface area contributed by atoms with E-state index in [9.17, 15) is 13.9 Å². The summed E-state index contributed by atoms with van der Waals surface area (Å²) in [4.78, 5) is 0. The van der Waals surface area contributed by atoms with Gasteiger partial charge in [-0.2, -0.15) is 0 Å². The summed E-state index contributed by atoms with van der Waals surface area (Å²) in [5, 5.41) is 14.0. The number of rotatable bonds is 5. The van der Waals surface area contributed by atoms with E-state index in [1.165, 1.54) is 29.8 Å². The fourth-order valence-corrected chi connectivity index (χ4v) is 3.20. The first-order chi connectivity index (χ1) is 11.9. The molecule has 0 saturated heterocycles. The van der Waals surface area contributed by atoms with Gasteiger partial charge < -0.3 is 10.4 Å². The van der Waals surface area contributed by atoms with Crippen molar-refractivity contribution in [3.63, 3.8) is 0 Å². The lowest BCUT2D eigenvalue weighted by molar-refractivity contribution is 0.0534. The topological polar surface area (TPSA) is 32.3 Å². The van der Waals surface area contributed by atoms with Crippen molar-refractivity contribution in [1.29, 1.82) is 0 Å². The number of nitrogens with one attached hydrogen (secondary N) is 1. The maximum absolute atomic E-state index is 13.0. The van der Waals surface area contributed by atoms with Crippen molar-refractivity contribution in [3.05, 3.63) is 77.4 Å². The van der Waals surface area contributed by atoms with E-state index < -0.39 is 5.60 Å². The zero-order chi connectivity index (χ0) is 17.9. The first-order valence-corrected chi connectivity index (χ1v) is 8.61. The van der Waals surface area contributed by atoms with Crippen LogP contribution in [-0.2, 0) is 5.60 Å². The molecule has 0 aliphatic heterocycles. The molecule has 1 aliphatic rings. The number of halogens is 2. The molecular weight excluding hydrogens is 320 g/mol. The molecule has 25 heavy (non-hydrogen) atoms. The second-order valence-corrected chi connectivity index (χ2v) is 6.87. The van der Waals surface area contributed by atoms with Crippen molar-refractivity contribution < 1.29 is 13.9 Å². The van der Waals surface area contributed by atoms with E-state index in [1.54, 1.807) is 19.1 Å². The maximum Gasteiger partial charge on any atom is 0.123 e. The molecule has 2 aromatic carbocycles. The summed E-state index contributed by atoms with van der Waals surface area (Å²) in [5.41, 5.74) is 1.95. The SMILES string of the molecule is C[C@@](O)(CN[C@@H]1CC=C(c2ccc(F)cc2)CC1)c1ccc(F)cc1. The van der Waals surface area contributed by atoms with Crippen LogP contribution in [0.4, 0.5) is 8.78 Å². The van der Waals surface area contributed by atoms with Gasteiger partial charge in [0.1, 0.15) is 11.6 Å². The molecule has 0 bridgehead atoms. The Morgan fingerprint density at radius 2 is 1.64 bits per heavy atom. The van der Waals surface area contributed by atoms with E-state index in [0.717, 1.165) is 24.8 Å². The highest BCUT2D eigenvalue weighted by Gasteiger charge is 2.25. The van der Waals surface area contributed by atoms with Crippen LogP contribution in [0.3, 0.4) is 0 Å². The van der Waals surface area contributed by atoms with Crippen molar-refractivity contribution in [1.82, 2.24) is 5.32 Å². The highest BCUT2D eigenvalue weighted by molar-refractivity contribution is 5.66. The fraction of sp³-hybridized carbons (Fsp3) is 0.333. The standard InChI is InChI=1S/C21H23F2NO/c1-21(25,17-6-10-19(23)11-7-17)14-24-20-12-4-16(5-13-20)15-2-8-18(22)9-3-15/h2-4,6-11,20,24-25H,5,12-14H2,1H3/t20-,21-/m1/s1. The van der Waals surface area contributed by atoms with Gasteiger partial charge in [0, 0.05) is 12.6 Å². The molecular formula is C21H23F2NO. The number of aliphatic hydroxyl groups is 1. The molecule has 0 fully saturated rings. The zero-order valence-corrected chi connectivity index (χ0v) is 14.3. The molecule has 1 aliphatic carbocycles. The Bertz CT molecular complexity index is 735. The van der Waals surface area contributed by atoms with Gasteiger partial charge in [0.15, 0.2) is 0 Å². The minimum absolute atomic E-state index is 0.220. The molecule has 0 aromatic heterocycles. The molecule has 0 radical (unpaired) electrons. The van der Waals surface area contributed by atoms with E-state index in [-0.39, 0.29) is 17.7 Å². The minimum atomic E-state index is -1.05. The van der Waals surface area contributed by atoms with Gasteiger partial charge in [-0.25, -0.2) is 8.78 Å². The van der Waals surface area contributed by atoms with Gasteiger partial charge in [-0.3, -0.25) is 0 Å². The van der Waals surface area contributed by atoms with Gasteiger partial charge in [0.2, 0.25) is 0 Å². The monoisotopic (exact) mass is 343 g/mol. The molecule has 132 valence electrons. The Morgan fingerprint density at radius 1 is 1.04 bits per heavy atom. The predicted molar refractivity (Wildman–Crippen MR) is 96.0 cm³/mol. The van der Waals surface area contributed by atoms with Crippen molar-refractivity contribution >= 4 is 5.57 Å².